The fourth-order valence-corrected chi connectivity index (χ4v) is 12.6. The predicted octanol–water partition coefficient (Wildman–Crippen LogP) is 7.98. The zero-order valence-electron chi connectivity index (χ0n) is 38.1. The number of aryl methyl sites for hydroxylation is 2. The van der Waals surface area contributed by atoms with E-state index >= 15 is 13.6 Å². The summed E-state index contributed by atoms with van der Waals surface area (Å²) in [6, 6.07) is 14.7. The van der Waals surface area contributed by atoms with E-state index in [1.54, 1.807) is 35.6 Å². The fraction of sp³-hybridized carbons (Fsp3) is 0.408. The molecule has 5 atom stereocenters. The van der Waals surface area contributed by atoms with Crippen molar-refractivity contribution in [3.8, 4) is 17.2 Å². The Morgan fingerprint density at radius 2 is 1.70 bits per heavy atom. The topological polar surface area (TPSA) is 179 Å². The number of carbonyl (C=O) groups is 1. The second-order valence-corrected chi connectivity index (χ2v) is 22.2. The van der Waals surface area contributed by atoms with Gasteiger partial charge in [-0.05, 0) is 123 Å². The number of aromatic nitrogens is 7. The van der Waals surface area contributed by atoms with Crippen molar-refractivity contribution < 1.29 is 27.0 Å². The van der Waals surface area contributed by atoms with Gasteiger partial charge in [0, 0.05) is 53.0 Å². The second-order valence-electron chi connectivity index (χ2n) is 19.9. The molecule has 2 aliphatic carbocycles. The molecular weight excluding hydrogens is 881 g/mol. The molecule has 7 aromatic rings. The molecule has 0 spiro atoms. The minimum atomic E-state index is -3.20. The van der Waals surface area contributed by atoms with E-state index in [2.05, 4.69) is 36.1 Å². The van der Waals surface area contributed by atoms with Crippen molar-refractivity contribution in [3.63, 3.8) is 0 Å². The number of rotatable bonds is 9. The van der Waals surface area contributed by atoms with Crippen molar-refractivity contribution in [2.45, 2.75) is 101 Å². The third-order valence-corrected chi connectivity index (χ3v) is 16.9. The minimum Gasteiger partial charge on any atom is -0.380 e. The number of aromatic amines is 1. The van der Waals surface area contributed by atoms with Gasteiger partial charge in [-0.15, -0.1) is 0 Å². The highest BCUT2D eigenvalue weighted by molar-refractivity contribution is 7.93. The van der Waals surface area contributed by atoms with Gasteiger partial charge in [-0.1, -0.05) is 32.0 Å². The number of nitrogens with zero attached hydrogens (tertiary/aromatic N) is 7. The number of hydrogen-bond acceptors (Lipinski definition) is 9. The summed E-state index contributed by atoms with van der Waals surface area (Å²) in [5, 5.41) is 9.73. The lowest BCUT2D eigenvalue weighted by Crippen LogP contribution is -2.41. The van der Waals surface area contributed by atoms with E-state index in [1.807, 2.05) is 30.5 Å². The summed E-state index contributed by atoms with van der Waals surface area (Å²) in [5.41, 5.74) is 3.09. The maximum Gasteiger partial charge on any atom is 0.438 e. The lowest BCUT2D eigenvalue weighted by Gasteiger charge is -2.35. The lowest BCUT2D eigenvalue weighted by atomic mass is 9.79. The Morgan fingerprint density at radius 3 is 2.36 bits per heavy atom. The van der Waals surface area contributed by atoms with Gasteiger partial charge in [0.2, 0.25) is 0 Å². The molecular formula is C49H51F2N9O6S. The molecule has 1 saturated heterocycles. The van der Waals surface area contributed by atoms with Crippen molar-refractivity contribution in [2.24, 2.45) is 11.3 Å². The summed E-state index contributed by atoms with van der Waals surface area (Å²) in [6.07, 6.45) is 6.06. The van der Waals surface area contributed by atoms with Crippen LogP contribution in [0.5, 0.6) is 0 Å². The number of H-pyrrole nitrogens is 1. The minimum absolute atomic E-state index is 0.00170. The number of imidazole rings is 1. The first kappa shape index (κ1) is 43.2. The number of nitrogens with one attached hydrogen (secondary N) is 2. The maximum atomic E-state index is 16.0. The van der Waals surface area contributed by atoms with Crippen molar-refractivity contribution in [1.82, 2.24) is 38.5 Å². The Balaban J connectivity index is 1.04. The average molecular weight is 932 g/mol. The van der Waals surface area contributed by atoms with Crippen LogP contribution < -0.4 is 11.4 Å². The highest BCUT2D eigenvalue weighted by Crippen LogP contribution is 2.56. The van der Waals surface area contributed by atoms with Gasteiger partial charge < -0.3 is 14.2 Å². The summed E-state index contributed by atoms with van der Waals surface area (Å²) in [5.74, 6) is -1.40. The Kier molecular flexibility index (Phi) is 9.70. The summed E-state index contributed by atoms with van der Waals surface area (Å²) in [7, 11) is -3.20. The van der Waals surface area contributed by atoms with Crippen molar-refractivity contribution in [3.05, 3.63) is 139 Å². The van der Waals surface area contributed by atoms with Crippen LogP contribution in [0.3, 0.4) is 0 Å². The van der Waals surface area contributed by atoms with E-state index in [-0.39, 0.29) is 51.4 Å². The van der Waals surface area contributed by atoms with E-state index in [9.17, 15) is 13.8 Å². The first-order chi connectivity index (χ1) is 31.9. The fourth-order valence-electron chi connectivity index (χ4n) is 10.8. The predicted molar refractivity (Wildman–Crippen MR) is 245 cm³/mol. The largest absolute Gasteiger partial charge is 0.438 e. The van der Waals surface area contributed by atoms with Crippen molar-refractivity contribution in [1.29, 1.82) is 4.78 Å². The molecule has 1 amide bonds. The molecule has 348 valence electrons. The van der Waals surface area contributed by atoms with Crippen LogP contribution in [0, 0.1) is 41.6 Å². The number of amides is 1. The normalized spacial score (nSPS) is 23.3. The van der Waals surface area contributed by atoms with Gasteiger partial charge >= 0.3 is 11.4 Å². The van der Waals surface area contributed by atoms with Gasteiger partial charge in [0.15, 0.2) is 5.82 Å². The molecule has 4 aliphatic rings. The van der Waals surface area contributed by atoms with Crippen LogP contribution in [-0.4, -0.2) is 73.6 Å². The van der Waals surface area contributed by atoms with Crippen molar-refractivity contribution in [2.75, 3.05) is 19.8 Å². The van der Waals surface area contributed by atoms with E-state index in [4.69, 9.17) is 19.1 Å². The zero-order chi connectivity index (χ0) is 47.1. The van der Waals surface area contributed by atoms with Gasteiger partial charge in [-0.3, -0.25) is 23.4 Å². The van der Waals surface area contributed by atoms with E-state index in [1.165, 1.54) is 29.1 Å². The van der Waals surface area contributed by atoms with Crippen LogP contribution in [0.1, 0.15) is 110 Å². The number of carbonyl (C=O) groups excluding carboxylic acids is 1. The van der Waals surface area contributed by atoms with E-state index in [0.29, 0.717) is 84.3 Å². The Labute approximate surface area is 384 Å². The zero-order valence-corrected chi connectivity index (χ0v) is 38.9. The lowest BCUT2D eigenvalue weighted by molar-refractivity contribution is -0.00187. The van der Waals surface area contributed by atoms with Gasteiger partial charge in [0.1, 0.15) is 28.7 Å². The van der Waals surface area contributed by atoms with Crippen LogP contribution in [0.15, 0.2) is 86.0 Å². The summed E-state index contributed by atoms with van der Waals surface area (Å²) in [6.45, 7) is 13.2. The Hall–Kier alpha value is -6.40. The molecule has 0 bridgehead atoms. The Morgan fingerprint density at radius 1 is 0.970 bits per heavy atom. The summed E-state index contributed by atoms with van der Waals surface area (Å²) in [4.78, 5) is 47.3. The summed E-state index contributed by atoms with van der Waals surface area (Å²) >= 11 is 0. The number of hydrogen-bond donors (Lipinski definition) is 2. The smallest absolute Gasteiger partial charge is 0.380 e. The van der Waals surface area contributed by atoms with Crippen LogP contribution in [0.2, 0.25) is 0 Å². The molecule has 0 radical (unpaired) electrons. The van der Waals surface area contributed by atoms with Crippen LogP contribution >= 0.6 is 0 Å². The molecule has 18 heteroatoms. The molecule has 2 N–H and O–H groups in total. The number of fused-ring (bicyclic) bond motifs is 2. The van der Waals surface area contributed by atoms with Crippen molar-refractivity contribution >= 4 is 26.5 Å². The third-order valence-electron chi connectivity index (χ3n) is 14.6. The van der Waals surface area contributed by atoms with Gasteiger partial charge in [0.25, 0.3) is 5.91 Å². The van der Waals surface area contributed by atoms with Crippen LogP contribution in [-0.2, 0) is 26.4 Å². The SMILES string of the molecule is Cc1cc(-n2nc3c(c2-n2ccn(-c4ccc([S@@](=N)(=O)C5CC5)cc4F)c2=O)[C@H](C)N(C(=O)c2cc4cc([C@H]5COCC(C)(C)C5)ccc4n2[C@@]2(c4noc(=O)[nH]4)C[C@@H]2C)CC3)cc(C)c1F. The van der Waals surface area contributed by atoms with E-state index in [0.717, 1.165) is 33.5 Å². The number of ether oxygens (including phenoxy) is 1. The van der Waals surface area contributed by atoms with Crippen LogP contribution in [0.25, 0.3) is 28.1 Å². The van der Waals surface area contributed by atoms with Crippen LogP contribution in [0.4, 0.5) is 8.78 Å². The number of halogens is 2. The molecule has 11 rings (SSSR count). The second kappa shape index (κ2) is 15.1. The van der Waals surface area contributed by atoms with Gasteiger partial charge in [-0.2, -0.15) is 5.10 Å². The standard InChI is InChI=1S/C49H51F2N9O6S/c1-26-17-33(18-27(2)42(26)51)60-43(58-16-15-57(47(58)63)39-12-10-35(21-36(39)50)67(52,64)34-8-9-34)41-29(4)56(14-13-37(41)54-60)44(61)40-20-31-19-30(32-23-48(5,6)25-65-24-32)7-11-38(31)59(40)49(22-28(49)3)45-53-46(62)66-55-45/h7,10-12,15-21,28-29,32,34,52H,8-9,13-14,22-25H2,1-6H3,(H,53,55,62)/t28-,29-,32+,49-,67-/m0/s1. The quantitative estimate of drug-likeness (QED) is 0.146. The average Bonchev–Trinajstić information content (AvgIpc) is 4.03. The monoisotopic (exact) mass is 931 g/mol. The molecule has 6 heterocycles. The molecule has 4 aromatic heterocycles. The molecule has 3 aromatic carbocycles. The summed E-state index contributed by atoms with van der Waals surface area (Å²) < 4.78 is 69.9. The molecule has 0 unspecified atom stereocenters. The molecule has 3 fully saturated rings. The number of benzene rings is 3. The molecule has 2 saturated carbocycles. The highest BCUT2D eigenvalue weighted by Gasteiger charge is 2.59. The first-order valence-electron chi connectivity index (χ1n) is 22.8. The van der Waals surface area contributed by atoms with Gasteiger partial charge in [-0.25, -0.2) is 32.0 Å². The Bertz CT molecular complexity index is 3420. The third kappa shape index (κ3) is 6.79. The molecule has 67 heavy (non-hydrogen) atoms. The highest BCUT2D eigenvalue weighted by atomic mass is 32.2. The molecule has 15 nitrogen and oxygen atoms in total. The molecule has 2 aliphatic heterocycles. The maximum absolute atomic E-state index is 16.0. The van der Waals surface area contributed by atoms with Gasteiger partial charge in [0.05, 0.1) is 50.9 Å². The van der Waals surface area contributed by atoms with E-state index < -0.39 is 38.6 Å². The first-order valence-corrected chi connectivity index (χ1v) is 24.4.